The van der Waals surface area contributed by atoms with Crippen LogP contribution in [0.3, 0.4) is 0 Å². The Morgan fingerprint density at radius 3 is 2.47 bits per heavy atom. The Bertz CT molecular complexity index is 577. The molecule has 0 bridgehead atoms. The lowest BCUT2D eigenvalue weighted by molar-refractivity contribution is 0.183. The summed E-state index contributed by atoms with van der Waals surface area (Å²) < 4.78 is 16.5. The highest BCUT2D eigenvalue weighted by Crippen LogP contribution is 2.41. The monoisotopic (exact) mass is 326 g/mol. The van der Waals surface area contributed by atoms with Crippen LogP contribution >= 0.6 is 15.9 Å². The summed E-state index contributed by atoms with van der Waals surface area (Å²) in [4.78, 5) is 0. The quantitative estimate of drug-likeness (QED) is 0.934. The van der Waals surface area contributed by atoms with Crippen molar-refractivity contribution in [3.05, 3.63) is 45.8 Å². The van der Waals surface area contributed by atoms with Gasteiger partial charge in [-0.15, -0.1) is 0 Å². The van der Waals surface area contributed by atoms with Gasteiger partial charge in [-0.05, 0) is 46.6 Å². The molecular weight excluding hydrogens is 312 g/mol. The minimum Gasteiger partial charge on any atom is -0.495 e. The van der Waals surface area contributed by atoms with E-state index in [0.717, 1.165) is 5.56 Å². The van der Waals surface area contributed by atoms with Gasteiger partial charge in [0.05, 0.1) is 20.5 Å². The van der Waals surface area contributed by atoms with Gasteiger partial charge < -0.3 is 19.0 Å². The van der Waals surface area contributed by atoms with E-state index in [1.807, 2.05) is 13.0 Å². The van der Waals surface area contributed by atoms with E-state index in [0.29, 0.717) is 27.3 Å². The number of rotatable bonds is 4. The van der Waals surface area contributed by atoms with Crippen LogP contribution in [-0.2, 0) is 0 Å². The van der Waals surface area contributed by atoms with Gasteiger partial charge in [-0.25, -0.2) is 0 Å². The Hall–Kier alpha value is -1.46. The summed E-state index contributed by atoms with van der Waals surface area (Å²) in [5, 5.41) is 10.4. The zero-order valence-corrected chi connectivity index (χ0v) is 12.5. The smallest absolute Gasteiger partial charge is 0.143 e. The van der Waals surface area contributed by atoms with Gasteiger partial charge in [0.2, 0.25) is 0 Å². The van der Waals surface area contributed by atoms with E-state index in [9.17, 15) is 5.11 Å². The van der Waals surface area contributed by atoms with E-state index in [1.54, 1.807) is 32.6 Å². The summed E-state index contributed by atoms with van der Waals surface area (Å²) in [5.74, 6) is 1.68. The predicted octanol–water partition coefficient (Wildman–Crippen LogP) is 3.45. The fourth-order valence-electron chi connectivity index (χ4n) is 1.94. The third kappa shape index (κ3) is 2.48. The SMILES string of the molecule is COc1ccc(C(O)c2occc2C)c(OC)c1Br. The summed E-state index contributed by atoms with van der Waals surface area (Å²) in [7, 11) is 3.12. The van der Waals surface area contributed by atoms with Crippen LogP contribution in [0, 0.1) is 6.92 Å². The van der Waals surface area contributed by atoms with Crippen molar-refractivity contribution >= 4 is 15.9 Å². The molecule has 1 N–H and O–H groups in total. The molecule has 0 amide bonds. The average molecular weight is 327 g/mol. The molecule has 0 aliphatic carbocycles. The number of aliphatic hydroxyl groups is 1. The minimum absolute atomic E-state index is 0.510. The van der Waals surface area contributed by atoms with Crippen molar-refractivity contribution in [2.24, 2.45) is 0 Å². The van der Waals surface area contributed by atoms with Gasteiger partial charge >= 0.3 is 0 Å². The lowest BCUT2D eigenvalue weighted by atomic mass is 10.0. The number of furan rings is 1. The van der Waals surface area contributed by atoms with E-state index in [2.05, 4.69) is 15.9 Å². The molecule has 1 heterocycles. The van der Waals surface area contributed by atoms with Gasteiger partial charge in [-0.3, -0.25) is 0 Å². The Labute approximate surface area is 120 Å². The first-order valence-electron chi connectivity index (χ1n) is 5.72. The van der Waals surface area contributed by atoms with Gasteiger partial charge in [-0.1, -0.05) is 0 Å². The first-order valence-corrected chi connectivity index (χ1v) is 6.51. The van der Waals surface area contributed by atoms with Crippen molar-refractivity contribution in [2.75, 3.05) is 14.2 Å². The second-order valence-electron chi connectivity index (χ2n) is 4.07. The Kier molecular flexibility index (Phi) is 4.17. The standard InChI is InChI=1S/C14H15BrO4/c1-8-6-7-19-13(8)12(16)9-4-5-10(17-2)11(15)14(9)18-3/h4-7,12,16H,1-3H3. The zero-order chi connectivity index (χ0) is 14.0. The molecule has 5 heteroatoms. The van der Waals surface area contributed by atoms with E-state index < -0.39 is 6.10 Å². The first-order chi connectivity index (χ1) is 9.10. The van der Waals surface area contributed by atoms with Crippen molar-refractivity contribution in [1.29, 1.82) is 0 Å². The molecule has 0 saturated heterocycles. The van der Waals surface area contributed by atoms with E-state index in [1.165, 1.54) is 0 Å². The highest BCUT2D eigenvalue weighted by Gasteiger charge is 2.23. The van der Waals surface area contributed by atoms with Crippen LogP contribution in [0.1, 0.15) is 23.0 Å². The first kappa shape index (κ1) is 14.0. The molecule has 1 atom stereocenters. The molecule has 102 valence electrons. The molecular formula is C14H15BrO4. The van der Waals surface area contributed by atoms with Crippen LogP contribution in [0.2, 0.25) is 0 Å². The number of aliphatic hydroxyl groups excluding tert-OH is 1. The third-order valence-corrected chi connectivity index (χ3v) is 3.71. The van der Waals surface area contributed by atoms with E-state index >= 15 is 0 Å². The molecule has 2 aromatic rings. The molecule has 0 saturated carbocycles. The maximum absolute atomic E-state index is 10.4. The second-order valence-corrected chi connectivity index (χ2v) is 4.87. The highest BCUT2D eigenvalue weighted by atomic mass is 79.9. The number of benzene rings is 1. The predicted molar refractivity (Wildman–Crippen MR) is 74.8 cm³/mol. The number of aryl methyl sites for hydroxylation is 1. The third-order valence-electron chi connectivity index (χ3n) is 2.96. The van der Waals surface area contributed by atoms with Gasteiger partial charge in [0.15, 0.2) is 0 Å². The lowest BCUT2D eigenvalue weighted by Gasteiger charge is -2.16. The van der Waals surface area contributed by atoms with Gasteiger partial charge in [0, 0.05) is 5.56 Å². The van der Waals surface area contributed by atoms with Gasteiger partial charge in [0.25, 0.3) is 0 Å². The fourth-order valence-corrected chi connectivity index (χ4v) is 2.62. The maximum Gasteiger partial charge on any atom is 0.143 e. The molecule has 19 heavy (non-hydrogen) atoms. The van der Waals surface area contributed by atoms with Crippen LogP contribution in [0.15, 0.2) is 33.4 Å². The summed E-state index contributed by atoms with van der Waals surface area (Å²) >= 11 is 3.41. The zero-order valence-electron chi connectivity index (χ0n) is 10.9. The van der Waals surface area contributed by atoms with Crippen molar-refractivity contribution in [1.82, 2.24) is 0 Å². The van der Waals surface area contributed by atoms with Crippen LogP contribution in [0.4, 0.5) is 0 Å². The second kappa shape index (κ2) is 5.67. The Balaban J connectivity index is 2.51. The van der Waals surface area contributed by atoms with Crippen molar-refractivity contribution in [3.8, 4) is 11.5 Å². The van der Waals surface area contributed by atoms with E-state index in [-0.39, 0.29) is 0 Å². The summed E-state index contributed by atoms with van der Waals surface area (Å²) in [5.41, 5.74) is 1.51. The molecule has 2 rings (SSSR count). The van der Waals surface area contributed by atoms with Crippen LogP contribution in [-0.4, -0.2) is 19.3 Å². The van der Waals surface area contributed by atoms with Gasteiger partial charge in [-0.2, -0.15) is 0 Å². The van der Waals surface area contributed by atoms with Crippen LogP contribution in [0.25, 0.3) is 0 Å². The van der Waals surface area contributed by atoms with Crippen LogP contribution < -0.4 is 9.47 Å². The molecule has 0 aliphatic rings. The molecule has 1 unspecified atom stereocenters. The van der Waals surface area contributed by atoms with Crippen molar-refractivity contribution < 1.29 is 19.0 Å². The number of hydrogen-bond acceptors (Lipinski definition) is 4. The molecule has 1 aromatic carbocycles. The van der Waals surface area contributed by atoms with Crippen molar-refractivity contribution in [2.45, 2.75) is 13.0 Å². The molecule has 0 fully saturated rings. The normalized spacial score (nSPS) is 12.3. The highest BCUT2D eigenvalue weighted by molar-refractivity contribution is 9.10. The molecule has 4 nitrogen and oxygen atoms in total. The number of ether oxygens (including phenoxy) is 2. The van der Waals surface area contributed by atoms with Gasteiger partial charge in [0.1, 0.15) is 27.8 Å². The molecule has 0 spiro atoms. The number of halogens is 1. The summed E-state index contributed by atoms with van der Waals surface area (Å²) in [6, 6.07) is 5.34. The fraction of sp³-hybridized carbons (Fsp3) is 0.286. The number of methoxy groups -OCH3 is 2. The Morgan fingerprint density at radius 1 is 1.21 bits per heavy atom. The minimum atomic E-state index is -0.882. The molecule has 0 radical (unpaired) electrons. The number of hydrogen-bond donors (Lipinski definition) is 1. The summed E-state index contributed by atoms with van der Waals surface area (Å²) in [6.07, 6.45) is 0.672. The lowest BCUT2D eigenvalue weighted by Crippen LogP contribution is -2.04. The largest absolute Gasteiger partial charge is 0.495 e. The van der Waals surface area contributed by atoms with Crippen molar-refractivity contribution in [3.63, 3.8) is 0 Å². The van der Waals surface area contributed by atoms with E-state index in [4.69, 9.17) is 13.9 Å². The molecule has 0 aliphatic heterocycles. The molecule has 1 aromatic heterocycles. The maximum atomic E-state index is 10.4. The average Bonchev–Trinajstić information content (AvgIpc) is 2.83. The summed E-state index contributed by atoms with van der Waals surface area (Å²) in [6.45, 7) is 1.88. The topological polar surface area (TPSA) is 51.8 Å². The Morgan fingerprint density at radius 2 is 1.95 bits per heavy atom. The van der Waals surface area contributed by atoms with Crippen LogP contribution in [0.5, 0.6) is 11.5 Å².